The molecule has 0 amide bonds. The van der Waals surface area contributed by atoms with E-state index in [-0.39, 0.29) is 0 Å². The maximum Gasteiger partial charge on any atom is 0.304 e. The zero-order chi connectivity index (χ0) is 25.5. The number of hydrogen-bond donors (Lipinski definition) is 1. The average Bonchev–Trinajstić information content (AvgIpc) is 2.70. The summed E-state index contributed by atoms with van der Waals surface area (Å²) in [5.74, 6) is -3.57. The number of esters is 4. The molecule has 1 aliphatic heterocycles. The van der Waals surface area contributed by atoms with E-state index in [4.69, 9.17) is 23.7 Å². The van der Waals surface area contributed by atoms with Crippen LogP contribution in [0.4, 0.5) is 0 Å². The molecular formula is C21H27NO11S. The van der Waals surface area contributed by atoms with Crippen LogP contribution in [0.3, 0.4) is 0 Å². The predicted octanol–water partition coefficient (Wildman–Crippen LogP) is 0.189. The Morgan fingerprint density at radius 2 is 1.41 bits per heavy atom. The van der Waals surface area contributed by atoms with Crippen LogP contribution in [0, 0.1) is 0 Å². The zero-order valence-electron chi connectivity index (χ0n) is 19.1. The number of rotatable bonds is 9. The highest BCUT2D eigenvalue weighted by atomic mass is 32.2. The van der Waals surface area contributed by atoms with Crippen molar-refractivity contribution in [2.45, 2.75) is 64.1 Å². The van der Waals surface area contributed by atoms with Crippen molar-refractivity contribution in [3.63, 3.8) is 0 Å². The van der Waals surface area contributed by atoms with Gasteiger partial charge in [-0.05, 0) is 5.56 Å². The molecule has 0 spiro atoms. The van der Waals surface area contributed by atoms with Crippen molar-refractivity contribution in [3.8, 4) is 0 Å². The second-order valence-corrected chi connectivity index (χ2v) is 9.25. The quantitative estimate of drug-likeness (QED) is 0.363. The SMILES string of the molecule is CC(=O)OC[C@@H]1O[C@@H](OC(C)=O)[C@@H](NS(=O)(=O)Cc2ccccc2)[C@@H](OC(C)=O)[C@@H]1OC(C)=O. The first kappa shape index (κ1) is 27.2. The summed E-state index contributed by atoms with van der Waals surface area (Å²) in [6.07, 6.45) is -5.71. The molecule has 5 atom stereocenters. The molecule has 1 aliphatic rings. The fraction of sp³-hybridized carbons (Fsp3) is 0.524. The molecule has 34 heavy (non-hydrogen) atoms. The third-order valence-corrected chi connectivity index (χ3v) is 5.84. The Bertz CT molecular complexity index is 995. The lowest BCUT2D eigenvalue weighted by molar-refractivity contribution is -0.269. The smallest absolute Gasteiger partial charge is 0.304 e. The normalized spacial score (nSPS) is 24.5. The molecule has 188 valence electrons. The Hall–Kier alpha value is -3.03. The molecule has 12 nitrogen and oxygen atoms in total. The minimum absolute atomic E-state index is 0.445. The molecule has 2 rings (SSSR count). The third-order valence-electron chi connectivity index (χ3n) is 4.50. The summed E-state index contributed by atoms with van der Waals surface area (Å²) in [6, 6.07) is 6.75. The highest BCUT2D eigenvalue weighted by molar-refractivity contribution is 7.88. The van der Waals surface area contributed by atoms with Gasteiger partial charge in [0.1, 0.15) is 18.8 Å². The zero-order valence-corrected chi connectivity index (χ0v) is 19.9. The largest absolute Gasteiger partial charge is 0.463 e. The van der Waals surface area contributed by atoms with Crippen LogP contribution in [0.2, 0.25) is 0 Å². The predicted molar refractivity (Wildman–Crippen MR) is 114 cm³/mol. The Balaban J connectivity index is 2.45. The number of benzene rings is 1. The van der Waals surface area contributed by atoms with E-state index >= 15 is 0 Å². The van der Waals surface area contributed by atoms with E-state index in [2.05, 4.69) is 4.72 Å². The summed E-state index contributed by atoms with van der Waals surface area (Å²) in [7, 11) is -4.11. The summed E-state index contributed by atoms with van der Waals surface area (Å²) in [5, 5.41) is 0. The fourth-order valence-corrected chi connectivity index (χ4v) is 4.71. The van der Waals surface area contributed by atoms with E-state index in [0.717, 1.165) is 27.7 Å². The van der Waals surface area contributed by atoms with E-state index < -0.39 is 76.9 Å². The topological polar surface area (TPSA) is 161 Å². The number of hydrogen-bond acceptors (Lipinski definition) is 11. The third kappa shape index (κ3) is 8.39. The summed E-state index contributed by atoms with van der Waals surface area (Å²) >= 11 is 0. The van der Waals surface area contributed by atoms with Crippen LogP contribution >= 0.6 is 0 Å². The number of carbonyl (C=O) groups excluding carboxylic acids is 4. The molecule has 1 aromatic carbocycles. The van der Waals surface area contributed by atoms with Crippen LogP contribution in [0.25, 0.3) is 0 Å². The fourth-order valence-electron chi connectivity index (χ4n) is 3.34. The first-order valence-corrected chi connectivity index (χ1v) is 11.9. The van der Waals surface area contributed by atoms with Crippen LogP contribution in [-0.4, -0.2) is 69.5 Å². The van der Waals surface area contributed by atoms with Crippen molar-refractivity contribution in [2.24, 2.45) is 0 Å². The molecule has 0 aliphatic carbocycles. The minimum atomic E-state index is -4.11. The van der Waals surface area contributed by atoms with Crippen molar-refractivity contribution in [1.29, 1.82) is 0 Å². The second kappa shape index (κ2) is 11.9. The number of carbonyl (C=O) groups is 4. The standard InChI is InChI=1S/C21H27NO11S/c1-12(23)29-10-17-19(30-13(2)24)20(31-14(3)25)18(21(33-17)32-15(4)26)22-34(27,28)11-16-8-6-5-7-9-16/h5-9,17-22H,10-11H2,1-4H3/t17-,18-,19+,20+,21+/m0/s1. The van der Waals surface area contributed by atoms with Gasteiger partial charge in [0.15, 0.2) is 12.2 Å². The molecular weight excluding hydrogens is 474 g/mol. The van der Waals surface area contributed by atoms with Gasteiger partial charge >= 0.3 is 23.9 Å². The summed E-state index contributed by atoms with van der Waals surface area (Å²) in [4.78, 5) is 46.7. The van der Waals surface area contributed by atoms with Gasteiger partial charge < -0.3 is 23.7 Å². The number of nitrogens with one attached hydrogen (secondary N) is 1. The van der Waals surface area contributed by atoms with Gasteiger partial charge in [-0.2, -0.15) is 0 Å². The molecule has 0 aromatic heterocycles. The van der Waals surface area contributed by atoms with Crippen LogP contribution < -0.4 is 4.72 Å². The Kier molecular flexibility index (Phi) is 9.53. The van der Waals surface area contributed by atoms with Crippen molar-refractivity contribution in [3.05, 3.63) is 35.9 Å². The molecule has 0 bridgehead atoms. The maximum absolute atomic E-state index is 12.9. The van der Waals surface area contributed by atoms with Crippen LogP contribution in [-0.2, 0) is 58.6 Å². The Labute approximate surface area is 196 Å². The summed E-state index contributed by atoms with van der Waals surface area (Å²) < 4.78 is 54.5. The molecule has 1 N–H and O–H groups in total. The number of sulfonamides is 1. The van der Waals surface area contributed by atoms with Crippen molar-refractivity contribution >= 4 is 33.9 Å². The first-order valence-electron chi connectivity index (χ1n) is 10.2. The lowest BCUT2D eigenvalue weighted by Crippen LogP contribution is -2.67. The molecule has 1 fully saturated rings. The van der Waals surface area contributed by atoms with Crippen LogP contribution in [0.5, 0.6) is 0 Å². The van der Waals surface area contributed by atoms with Crippen molar-refractivity contribution in [1.82, 2.24) is 4.72 Å². The molecule has 0 saturated carbocycles. The summed E-state index contributed by atoms with van der Waals surface area (Å²) in [5.41, 5.74) is 0.462. The van der Waals surface area contributed by atoms with Gasteiger partial charge in [-0.3, -0.25) is 19.2 Å². The van der Waals surface area contributed by atoms with Crippen LogP contribution in [0.1, 0.15) is 33.3 Å². The van der Waals surface area contributed by atoms with Crippen LogP contribution in [0.15, 0.2) is 30.3 Å². The van der Waals surface area contributed by atoms with Gasteiger partial charge in [-0.15, -0.1) is 0 Å². The lowest BCUT2D eigenvalue weighted by Gasteiger charge is -2.44. The Morgan fingerprint density at radius 1 is 0.853 bits per heavy atom. The van der Waals surface area contributed by atoms with Gasteiger partial charge in [0.2, 0.25) is 16.3 Å². The summed E-state index contributed by atoms with van der Waals surface area (Å²) in [6.45, 7) is 3.90. The monoisotopic (exact) mass is 501 g/mol. The molecule has 13 heteroatoms. The lowest BCUT2D eigenvalue weighted by atomic mass is 9.97. The molecule has 1 saturated heterocycles. The van der Waals surface area contributed by atoms with E-state index in [1.165, 1.54) is 0 Å². The second-order valence-electron chi connectivity index (χ2n) is 7.49. The first-order chi connectivity index (χ1) is 15.9. The molecule has 0 radical (unpaired) electrons. The van der Waals surface area contributed by atoms with Gasteiger partial charge in [0.05, 0.1) is 5.75 Å². The van der Waals surface area contributed by atoms with Gasteiger partial charge in [-0.25, -0.2) is 13.1 Å². The average molecular weight is 502 g/mol. The highest BCUT2D eigenvalue weighted by Gasteiger charge is 2.52. The van der Waals surface area contributed by atoms with Gasteiger partial charge in [0.25, 0.3) is 0 Å². The van der Waals surface area contributed by atoms with E-state index in [1.807, 2.05) is 0 Å². The molecule has 1 aromatic rings. The van der Waals surface area contributed by atoms with E-state index in [1.54, 1.807) is 30.3 Å². The maximum atomic E-state index is 12.9. The molecule has 0 unspecified atom stereocenters. The minimum Gasteiger partial charge on any atom is -0.463 e. The number of ether oxygens (including phenoxy) is 5. The Morgan fingerprint density at radius 3 is 1.94 bits per heavy atom. The van der Waals surface area contributed by atoms with E-state index in [0.29, 0.717) is 5.56 Å². The van der Waals surface area contributed by atoms with Crippen molar-refractivity contribution in [2.75, 3.05) is 6.61 Å². The molecule has 1 heterocycles. The van der Waals surface area contributed by atoms with Gasteiger partial charge in [-0.1, -0.05) is 30.3 Å². The van der Waals surface area contributed by atoms with Gasteiger partial charge in [0, 0.05) is 27.7 Å². The van der Waals surface area contributed by atoms with Crippen molar-refractivity contribution < 1.29 is 51.3 Å². The van der Waals surface area contributed by atoms with E-state index in [9.17, 15) is 27.6 Å². The highest BCUT2D eigenvalue weighted by Crippen LogP contribution is 2.28.